The average molecular weight is 499 g/mol. The molecule has 10 heteroatoms. The Bertz CT molecular complexity index is 1150. The van der Waals surface area contributed by atoms with Crippen molar-refractivity contribution in [1.82, 2.24) is 9.21 Å². The lowest BCUT2D eigenvalue weighted by molar-refractivity contribution is 0.0623. The Morgan fingerprint density at radius 2 is 1.66 bits per heavy atom. The number of ketones is 1. The number of sulfonamides is 1. The van der Waals surface area contributed by atoms with E-state index in [1.54, 1.807) is 30.0 Å². The Hall–Kier alpha value is -1.87. The van der Waals surface area contributed by atoms with E-state index >= 15 is 0 Å². The van der Waals surface area contributed by atoms with Gasteiger partial charge in [0.25, 0.3) is 5.91 Å². The first-order valence-corrected chi connectivity index (χ1v) is 12.8. The number of hydrogen-bond acceptors (Lipinski definition) is 5. The second-order valence-electron chi connectivity index (χ2n) is 8.20. The molecule has 32 heavy (non-hydrogen) atoms. The van der Waals surface area contributed by atoms with E-state index in [1.165, 1.54) is 10.4 Å². The smallest absolute Gasteiger partial charge is 0.289 e. The van der Waals surface area contributed by atoms with Crippen LogP contribution < -0.4 is 0 Å². The summed E-state index contributed by atoms with van der Waals surface area (Å²) in [6, 6.07) is 6.15. The third-order valence-electron chi connectivity index (χ3n) is 6.12. The number of carbonyl (C=O) groups excluding carboxylic acids is 2. The minimum absolute atomic E-state index is 0.00883. The molecule has 0 aliphatic carbocycles. The molecule has 2 fully saturated rings. The van der Waals surface area contributed by atoms with Crippen molar-refractivity contribution < 1.29 is 22.4 Å². The van der Waals surface area contributed by atoms with Crippen molar-refractivity contribution in [2.45, 2.75) is 37.5 Å². The van der Waals surface area contributed by atoms with Crippen LogP contribution in [0.3, 0.4) is 0 Å². The molecule has 0 saturated carbocycles. The second kappa shape index (κ2) is 9.17. The van der Waals surface area contributed by atoms with Crippen LogP contribution >= 0.6 is 23.2 Å². The predicted octanol–water partition coefficient (Wildman–Crippen LogP) is 4.41. The number of nitrogens with zero attached hydrogens (tertiary/aromatic N) is 2. The molecule has 0 bridgehead atoms. The first kappa shape index (κ1) is 23.3. The van der Waals surface area contributed by atoms with Gasteiger partial charge in [-0.15, -0.1) is 0 Å². The van der Waals surface area contributed by atoms with Gasteiger partial charge in [0.15, 0.2) is 11.5 Å². The van der Waals surface area contributed by atoms with Gasteiger partial charge in [-0.2, -0.15) is 4.31 Å². The van der Waals surface area contributed by atoms with Gasteiger partial charge in [-0.25, -0.2) is 8.42 Å². The van der Waals surface area contributed by atoms with Gasteiger partial charge in [0.05, 0.1) is 10.0 Å². The molecule has 0 unspecified atom stereocenters. The molecule has 172 valence electrons. The van der Waals surface area contributed by atoms with Crippen LogP contribution in [-0.2, 0) is 10.0 Å². The molecule has 0 spiro atoms. The van der Waals surface area contributed by atoms with Crippen molar-refractivity contribution in [2.24, 2.45) is 5.92 Å². The molecule has 2 aliphatic heterocycles. The molecule has 0 atom stereocenters. The summed E-state index contributed by atoms with van der Waals surface area (Å²) in [5, 5.41) is 0.724. The van der Waals surface area contributed by atoms with E-state index in [1.807, 2.05) is 0 Å². The summed E-state index contributed by atoms with van der Waals surface area (Å²) in [6.07, 6.45) is 2.67. The van der Waals surface area contributed by atoms with Gasteiger partial charge in [-0.05, 0) is 50.8 Å². The van der Waals surface area contributed by atoms with Gasteiger partial charge in [0.2, 0.25) is 10.0 Å². The highest BCUT2D eigenvalue weighted by atomic mass is 35.5. The monoisotopic (exact) mass is 498 g/mol. The summed E-state index contributed by atoms with van der Waals surface area (Å²) in [7, 11) is -3.67. The quantitative estimate of drug-likeness (QED) is 0.569. The number of likely N-dealkylation sites (tertiary alicyclic amines) is 1. The SMILES string of the molecule is Cc1oc(C(=O)N2CCC(C(=O)c3ccc(Cl)c(Cl)c3)CC2)cc1S(=O)(=O)N1CCCC1. The van der Waals surface area contributed by atoms with E-state index in [-0.39, 0.29) is 34.0 Å². The van der Waals surface area contributed by atoms with Crippen molar-refractivity contribution in [2.75, 3.05) is 26.2 Å². The highest BCUT2D eigenvalue weighted by Gasteiger charge is 2.34. The lowest BCUT2D eigenvalue weighted by Gasteiger charge is -2.30. The summed E-state index contributed by atoms with van der Waals surface area (Å²) in [5.74, 6) is -0.389. The number of furan rings is 1. The molecule has 3 heterocycles. The number of carbonyl (C=O) groups is 2. The zero-order valence-electron chi connectivity index (χ0n) is 17.6. The normalized spacial score (nSPS) is 18.3. The van der Waals surface area contributed by atoms with Crippen LogP contribution in [0.1, 0.15) is 52.4 Å². The number of aryl methyl sites for hydroxylation is 1. The van der Waals surface area contributed by atoms with Crippen LogP contribution in [0.4, 0.5) is 0 Å². The van der Waals surface area contributed by atoms with Crippen LogP contribution in [0, 0.1) is 12.8 Å². The molecule has 2 saturated heterocycles. The molecule has 2 aromatic rings. The average Bonchev–Trinajstić information content (AvgIpc) is 3.45. The number of hydrogen-bond donors (Lipinski definition) is 0. The fourth-order valence-electron chi connectivity index (χ4n) is 4.28. The maximum Gasteiger partial charge on any atom is 0.289 e. The number of rotatable bonds is 5. The van der Waals surface area contributed by atoms with Crippen LogP contribution in [0.5, 0.6) is 0 Å². The van der Waals surface area contributed by atoms with E-state index in [2.05, 4.69) is 0 Å². The Morgan fingerprint density at radius 3 is 2.28 bits per heavy atom. The van der Waals surface area contributed by atoms with E-state index in [0.29, 0.717) is 54.6 Å². The summed E-state index contributed by atoms with van der Waals surface area (Å²) in [6.45, 7) is 3.28. The number of halogens is 2. The Morgan fingerprint density at radius 1 is 1.00 bits per heavy atom. The fourth-order valence-corrected chi connectivity index (χ4v) is 6.26. The molecule has 7 nitrogen and oxygen atoms in total. The first-order chi connectivity index (χ1) is 15.2. The van der Waals surface area contributed by atoms with Crippen LogP contribution in [0.2, 0.25) is 10.0 Å². The molecule has 0 N–H and O–H groups in total. The highest BCUT2D eigenvalue weighted by Crippen LogP contribution is 2.30. The van der Waals surface area contributed by atoms with Gasteiger partial charge >= 0.3 is 0 Å². The van der Waals surface area contributed by atoms with Gasteiger partial charge in [-0.3, -0.25) is 9.59 Å². The summed E-state index contributed by atoms with van der Waals surface area (Å²) in [4.78, 5) is 27.4. The summed E-state index contributed by atoms with van der Waals surface area (Å²) < 4.78 is 32.7. The molecule has 0 radical (unpaired) electrons. The third-order valence-corrected chi connectivity index (χ3v) is 8.87. The molecular weight excluding hydrogens is 475 g/mol. The molecule has 1 amide bonds. The highest BCUT2D eigenvalue weighted by molar-refractivity contribution is 7.89. The number of amides is 1. The lowest BCUT2D eigenvalue weighted by Crippen LogP contribution is -2.40. The molecular formula is C22H24Cl2N2O5S. The lowest BCUT2D eigenvalue weighted by atomic mass is 9.89. The fraction of sp³-hybridized carbons (Fsp3) is 0.455. The first-order valence-electron chi connectivity index (χ1n) is 10.6. The largest absolute Gasteiger partial charge is 0.455 e. The van der Waals surface area contributed by atoms with Crippen LogP contribution in [-0.4, -0.2) is 55.5 Å². The number of piperidine rings is 1. The van der Waals surface area contributed by atoms with Gasteiger partial charge in [-0.1, -0.05) is 23.2 Å². The van der Waals surface area contributed by atoms with E-state index in [0.717, 1.165) is 12.8 Å². The van der Waals surface area contributed by atoms with Gasteiger partial charge in [0.1, 0.15) is 10.7 Å². The summed E-state index contributed by atoms with van der Waals surface area (Å²) >= 11 is 11.9. The van der Waals surface area contributed by atoms with E-state index in [4.69, 9.17) is 27.6 Å². The zero-order valence-corrected chi connectivity index (χ0v) is 20.0. The molecule has 2 aliphatic rings. The van der Waals surface area contributed by atoms with E-state index < -0.39 is 10.0 Å². The van der Waals surface area contributed by atoms with Crippen molar-refractivity contribution in [3.05, 3.63) is 51.4 Å². The second-order valence-corrected chi connectivity index (χ2v) is 10.9. The van der Waals surface area contributed by atoms with Crippen molar-refractivity contribution in [1.29, 1.82) is 0 Å². The maximum absolute atomic E-state index is 12.9. The van der Waals surface area contributed by atoms with Crippen molar-refractivity contribution in [3.63, 3.8) is 0 Å². The molecule has 1 aromatic heterocycles. The van der Waals surface area contributed by atoms with E-state index in [9.17, 15) is 18.0 Å². The zero-order chi connectivity index (χ0) is 23.0. The summed E-state index contributed by atoms with van der Waals surface area (Å²) in [5.41, 5.74) is 0.502. The number of Topliss-reactive ketones (excluding diaryl/α,β-unsaturated/α-hetero) is 1. The Balaban J connectivity index is 1.42. The van der Waals surface area contributed by atoms with Crippen LogP contribution in [0.25, 0.3) is 0 Å². The van der Waals surface area contributed by atoms with Gasteiger partial charge < -0.3 is 9.32 Å². The minimum Gasteiger partial charge on any atom is -0.455 e. The topological polar surface area (TPSA) is 87.9 Å². The Kier molecular flexibility index (Phi) is 6.68. The Labute approximate surface area is 197 Å². The molecule has 1 aromatic carbocycles. The number of benzene rings is 1. The van der Waals surface area contributed by atoms with Gasteiger partial charge in [0, 0.05) is 43.7 Å². The predicted molar refractivity (Wildman–Crippen MR) is 121 cm³/mol. The van der Waals surface area contributed by atoms with Crippen molar-refractivity contribution in [3.8, 4) is 0 Å². The third kappa shape index (κ3) is 4.46. The minimum atomic E-state index is -3.67. The van der Waals surface area contributed by atoms with Crippen LogP contribution in [0.15, 0.2) is 33.6 Å². The van der Waals surface area contributed by atoms with Crippen molar-refractivity contribution >= 4 is 44.9 Å². The standard InChI is InChI=1S/C22H24Cl2N2O5S/c1-14-20(32(29,30)26-8-2-3-9-26)13-19(31-14)22(28)25-10-6-15(7-11-25)21(27)16-4-5-17(23)18(24)12-16/h4-5,12-13,15H,2-3,6-11H2,1H3. The molecule has 4 rings (SSSR count). The maximum atomic E-state index is 12.9.